The van der Waals surface area contributed by atoms with Gasteiger partial charge in [0, 0.05) is 11.8 Å². The van der Waals surface area contributed by atoms with Crippen LogP contribution in [-0.2, 0) is 5.88 Å². The molecule has 0 N–H and O–H groups in total. The Morgan fingerprint density at radius 3 is 2.50 bits per heavy atom. The van der Waals surface area contributed by atoms with E-state index in [1.54, 1.807) is 6.92 Å². The number of hydrogen-bond acceptors (Lipinski definition) is 1. The van der Waals surface area contributed by atoms with E-state index >= 15 is 0 Å². The number of fused-ring (bicyclic) bond motifs is 1. The van der Waals surface area contributed by atoms with E-state index in [0.717, 1.165) is 17.0 Å². The minimum absolute atomic E-state index is 0.243. The molecule has 0 atom stereocenters. The van der Waals surface area contributed by atoms with Crippen LogP contribution in [0, 0.1) is 19.7 Å². The standard InChI is InChI=1S/C16H14ClFN2/c1-10-3-5-12(6-4-10)20-15-7-11(2)13(18)8-14(15)19-16(20)9-17/h3-8H,9H2,1-2H3. The van der Waals surface area contributed by atoms with E-state index in [1.807, 2.05) is 41.8 Å². The Bertz CT molecular complexity index is 775. The summed E-state index contributed by atoms with van der Waals surface area (Å²) in [6, 6.07) is 11.4. The lowest BCUT2D eigenvalue weighted by Crippen LogP contribution is -1.99. The van der Waals surface area contributed by atoms with Crippen molar-refractivity contribution in [1.82, 2.24) is 9.55 Å². The largest absolute Gasteiger partial charge is 0.295 e. The first kappa shape index (κ1) is 13.1. The van der Waals surface area contributed by atoms with Gasteiger partial charge in [0.1, 0.15) is 11.6 Å². The van der Waals surface area contributed by atoms with Crippen LogP contribution in [0.5, 0.6) is 0 Å². The average Bonchev–Trinajstić information content (AvgIpc) is 2.78. The number of nitrogens with zero attached hydrogens (tertiary/aromatic N) is 2. The molecule has 3 rings (SSSR count). The molecule has 0 unspecified atom stereocenters. The molecule has 0 aliphatic carbocycles. The van der Waals surface area contributed by atoms with Gasteiger partial charge in [-0.15, -0.1) is 11.6 Å². The van der Waals surface area contributed by atoms with Gasteiger partial charge in [-0.05, 0) is 37.6 Å². The SMILES string of the molecule is Cc1ccc(-n2c(CCl)nc3cc(F)c(C)cc32)cc1. The summed E-state index contributed by atoms with van der Waals surface area (Å²) in [6.45, 7) is 3.79. The van der Waals surface area contributed by atoms with Gasteiger partial charge in [-0.2, -0.15) is 0 Å². The molecule has 0 bridgehead atoms. The van der Waals surface area contributed by atoms with Crippen molar-refractivity contribution in [3.05, 3.63) is 59.2 Å². The Hall–Kier alpha value is -1.87. The highest BCUT2D eigenvalue weighted by molar-refractivity contribution is 6.17. The van der Waals surface area contributed by atoms with Crippen molar-refractivity contribution in [3.8, 4) is 5.69 Å². The Morgan fingerprint density at radius 2 is 1.85 bits per heavy atom. The van der Waals surface area contributed by atoms with Gasteiger partial charge in [0.05, 0.1) is 16.9 Å². The second-order valence-electron chi connectivity index (χ2n) is 4.92. The summed E-state index contributed by atoms with van der Waals surface area (Å²) in [6.07, 6.45) is 0. The van der Waals surface area contributed by atoms with Crippen molar-refractivity contribution in [2.45, 2.75) is 19.7 Å². The third kappa shape index (κ3) is 2.08. The van der Waals surface area contributed by atoms with Crippen LogP contribution in [0.4, 0.5) is 4.39 Å². The van der Waals surface area contributed by atoms with E-state index in [2.05, 4.69) is 4.98 Å². The molecule has 0 saturated carbocycles. The quantitative estimate of drug-likeness (QED) is 0.634. The van der Waals surface area contributed by atoms with Gasteiger partial charge in [0.2, 0.25) is 0 Å². The number of hydrogen-bond donors (Lipinski definition) is 0. The molecular formula is C16H14ClFN2. The lowest BCUT2D eigenvalue weighted by Gasteiger charge is -2.08. The van der Waals surface area contributed by atoms with Crippen molar-refractivity contribution in [2.75, 3.05) is 0 Å². The molecule has 2 nitrogen and oxygen atoms in total. The molecule has 20 heavy (non-hydrogen) atoms. The first-order valence-corrected chi connectivity index (χ1v) is 6.94. The zero-order chi connectivity index (χ0) is 14.3. The first-order valence-electron chi connectivity index (χ1n) is 6.40. The van der Waals surface area contributed by atoms with Crippen LogP contribution in [0.25, 0.3) is 16.7 Å². The number of imidazole rings is 1. The maximum Gasteiger partial charge on any atom is 0.129 e. The van der Waals surface area contributed by atoms with Gasteiger partial charge in [0.15, 0.2) is 0 Å². The van der Waals surface area contributed by atoms with Crippen molar-refractivity contribution in [1.29, 1.82) is 0 Å². The monoisotopic (exact) mass is 288 g/mol. The number of halogens is 2. The summed E-state index contributed by atoms with van der Waals surface area (Å²) in [5.41, 5.74) is 4.28. The highest BCUT2D eigenvalue weighted by atomic mass is 35.5. The number of benzene rings is 2. The molecule has 0 radical (unpaired) electrons. The highest BCUT2D eigenvalue weighted by Crippen LogP contribution is 2.25. The second-order valence-corrected chi connectivity index (χ2v) is 5.19. The fourth-order valence-corrected chi connectivity index (χ4v) is 2.50. The van der Waals surface area contributed by atoms with Crippen LogP contribution >= 0.6 is 11.6 Å². The average molecular weight is 289 g/mol. The predicted molar refractivity (Wildman–Crippen MR) is 80.1 cm³/mol. The second kappa shape index (κ2) is 4.91. The number of aryl methyl sites for hydroxylation is 2. The maximum atomic E-state index is 13.7. The molecule has 2 aromatic carbocycles. The van der Waals surface area contributed by atoms with Crippen LogP contribution in [0.2, 0.25) is 0 Å². The Labute approximate surface area is 121 Å². The molecule has 0 spiro atoms. The zero-order valence-electron chi connectivity index (χ0n) is 11.3. The van der Waals surface area contributed by atoms with E-state index in [0.29, 0.717) is 11.1 Å². The first-order chi connectivity index (χ1) is 9.60. The van der Waals surface area contributed by atoms with Crippen LogP contribution in [0.1, 0.15) is 17.0 Å². The minimum atomic E-state index is -0.243. The fraction of sp³-hybridized carbons (Fsp3) is 0.188. The predicted octanol–water partition coefficient (Wildman–Crippen LogP) is 4.52. The highest BCUT2D eigenvalue weighted by Gasteiger charge is 2.13. The van der Waals surface area contributed by atoms with Crippen LogP contribution in [0.3, 0.4) is 0 Å². The van der Waals surface area contributed by atoms with Gasteiger partial charge in [-0.1, -0.05) is 17.7 Å². The van der Waals surface area contributed by atoms with Crippen molar-refractivity contribution in [2.24, 2.45) is 0 Å². The molecule has 0 saturated heterocycles. The topological polar surface area (TPSA) is 17.8 Å². The number of aromatic nitrogens is 2. The smallest absolute Gasteiger partial charge is 0.129 e. The molecule has 3 aromatic rings. The molecule has 4 heteroatoms. The number of rotatable bonds is 2. The third-order valence-electron chi connectivity index (χ3n) is 3.42. The molecule has 1 aromatic heterocycles. The van der Waals surface area contributed by atoms with E-state index in [1.165, 1.54) is 11.6 Å². The summed E-state index contributed by atoms with van der Waals surface area (Å²) in [7, 11) is 0. The minimum Gasteiger partial charge on any atom is -0.295 e. The van der Waals surface area contributed by atoms with Gasteiger partial charge in [-0.25, -0.2) is 9.37 Å². The lowest BCUT2D eigenvalue weighted by atomic mass is 10.2. The van der Waals surface area contributed by atoms with Crippen molar-refractivity contribution >= 4 is 22.6 Å². The van der Waals surface area contributed by atoms with Crippen LogP contribution < -0.4 is 0 Å². The van der Waals surface area contributed by atoms with Crippen LogP contribution in [0.15, 0.2) is 36.4 Å². The molecule has 0 aliphatic heterocycles. The van der Waals surface area contributed by atoms with E-state index in [4.69, 9.17) is 11.6 Å². The van der Waals surface area contributed by atoms with Gasteiger partial charge in [0.25, 0.3) is 0 Å². The summed E-state index contributed by atoms with van der Waals surface area (Å²) in [5, 5.41) is 0. The van der Waals surface area contributed by atoms with E-state index in [-0.39, 0.29) is 11.7 Å². The summed E-state index contributed by atoms with van der Waals surface area (Å²) in [4.78, 5) is 4.42. The molecule has 0 amide bonds. The van der Waals surface area contributed by atoms with Gasteiger partial charge < -0.3 is 0 Å². The maximum absolute atomic E-state index is 13.7. The Kier molecular flexibility index (Phi) is 3.22. The van der Waals surface area contributed by atoms with E-state index in [9.17, 15) is 4.39 Å². The molecule has 0 fully saturated rings. The summed E-state index contributed by atoms with van der Waals surface area (Å²) < 4.78 is 15.6. The molecule has 102 valence electrons. The Morgan fingerprint density at radius 1 is 1.15 bits per heavy atom. The molecular weight excluding hydrogens is 275 g/mol. The lowest BCUT2D eigenvalue weighted by molar-refractivity contribution is 0.620. The van der Waals surface area contributed by atoms with Gasteiger partial charge >= 0.3 is 0 Å². The zero-order valence-corrected chi connectivity index (χ0v) is 12.1. The van der Waals surface area contributed by atoms with Gasteiger partial charge in [-0.3, -0.25) is 4.57 Å². The summed E-state index contributed by atoms with van der Waals surface area (Å²) in [5.74, 6) is 0.756. The summed E-state index contributed by atoms with van der Waals surface area (Å²) >= 11 is 5.99. The molecule has 1 heterocycles. The Balaban J connectivity index is 2.32. The van der Waals surface area contributed by atoms with Crippen molar-refractivity contribution in [3.63, 3.8) is 0 Å². The van der Waals surface area contributed by atoms with E-state index < -0.39 is 0 Å². The fourth-order valence-electron chi connectivity index (χ4n) is 2.32. The van der Waals surface area contributed by atoms with Crippen molar-refractivity contribution < 1.29 is 4.39 Å². The molecule has 0 aliphatic rings. The third-order valence-corrected chi connectivity index (χ3v) is 3.66. The van der Waals surface area contributed by atoms with Crippen LogP contribution in [-0.4, -0.2) is 9.55 Å². The normalized spacial score (nSPS) is 11.2. The number of alkyl halides is 1.